The summed E-state index contributed by atoms with van der Waals surface area (Å²) < 4.78 is 5.12. The first-order valence-corrected chi connectivity index (χ1v) is 6.28. The second-order valence-corrected chi connectivity index (χ2v) is 4.64. The van der Waals surface area contributed by atoms with E-state index in [1.165, 1.54) is 7.05 Å². The van der Waals surface area contributed by atoms with Crippen LogP contribution >= 0.6 is 0 Å². The second-order valence-electron chi connectivity index (χ2n) is 4.64. The van der Waals surface area contributed by atoms with Crippen LogP contribution in [-0.2, 0) is 9.53 Å². The summed E-state index contributed by atoms with van der Waals surface area (Å²) in [5.41, 5.74) is 0.562. The average molecular weight is 290 g/mol. The Morgan fingerprint density at radius 1 is 1.29 bits per heavy atom. The monoisotopic (exact) mass is 290 g/mol. The normalized spacial score (nSPS) is 11.4. The maximum absolute atomic E-state index is 12.0. The topological polar surface area (TPSA) is 85.7 Å². The van der Waals surface area contributed by atoms with Crippen molar-refractivity contribution in [3.8, 4) is 6.19 Å². The molecular formula is C14H18N4O3. The largest absolute Gasteiger partial charge is 0.434 e. The highest BCUT2D eigenvalue weighted by atomic mass is 16.6. The molecule has 1 aromatic carbocycles. The molecule has 7 heteroatoms. The Kier molecular flexibility index (Phi) is 6.17. The highest BCUT2D eigenvalue weighted by Gasteiger charge is 2.26. The van der Waals surface area contributed by atoms with Gasteiger partial charge in [0.2, 0.25) is 0 Å². The van der Waals surface area contributed by atoms with Crippen molar-refractivity contribution in [2.75, 3.05) is 33.0 Å². The van der Waals surface area contributed by atoms with Crippen molar-refractivity contribution in [3.05, 3.63) is 30.3 Å². The smallest absolute Gasteiger partial charge is 0.412 e. The maximum Gasteiger partial charge on any atom is 0.412 e. The van der Waals surface area contributed by atoms with Crippen LogP contribution in [0.2, 0.25) is 0 Å². The van der Waals surface area contributed by atoms with E-state index in [2.05, 4.69) is 5.32 Å². The van der Waals surface area contributed by atoms with Gasteiger partial charge in [0, 0.05) is 19.3 Å². The molecule has 0 radical (unpaired) electrons. The third-order valence-electron chi connectivity index (χ3n) is 2.56. The lowest BCUT2D eigenvalue weighted by atomic mass is 10.3. The van der Waals surface area contributed by atoms with Crippen molar-refractivity contribution in [2.24, 2.45) is 0 Å². The molecule has 0 aliphatic carbocycles. The number of hydrogen-bond acceptors (Lipinski definition) is 5. The molecule has 112 valence electrons. The molecule has 1 rings (SSSR count). The number of para-hydroxylation sites is 1. The Morgan fingerprint density at radius 2 is 1.90 bits per heavy atom. The van der Waals surface area contributed by atoms with Crippen molar-refractivity contribution in [2.45, 2.75) is 6.10 Å². The molecule has 0 saturated carbocycles. The Morgan fingerprint density at radius 3 is 2.43 bits per heavy atom. The lowest BCUT2D eigenvalue weighted by molar-refractivity contribution is -0.136. The summed E-state index contributed by atoms with van der Waals surface area (Å²) in [4.78, 5) is 26.3. The van der Waals surface area contributed by atoms with E-state index >= 15 is 0 Å². The third kappa shape index (κ3) is 5.50. The van der Waals surface area contributed by atoms with Crippen LogP contribution < -0.4 is 5.32 Å². The summed E-state index contributed by atoms with van der Waals surface area (Å²) in [5.74, 6) is -0.575. The number of nitriles is 1. The highest BCUT2D eigenvalue weighted by Crippen LogP contribution is 2.07. The van der Waals surface area contributed by atoms with Crippen LogP contribution in [0.5, 0.6) is 0 Å². The zero-order chi connectivity index (χ0) is 15.8. The molecule has 21 heavy (non-hydrogen) atoms. The van der Waals surface area contributed by atoms with Gasteiger partial charge in [-0.05, 0) is 26.2 Å². The molecular weight excluding hydrogens is 272 g/mol. The fourth-order valence-electron chi connectivity index (χ4n) is 1.56. The quantitative estimate of drug-likeness (QED) is 0.648. The first-order valence-electron chi connectivity index (χ1n) is 6.28. The van der Waals surface area contributed by atoms with Gasteiger partial charge in [-0.1, -0.05) is 18.2 Å². The molecule has 0 saturated heterocycles. The SMILES string of the molecule is CN(C)CC(OC(=O)Nc1ccccc1)C(=O)N(C)C#N. The van der Waals surface area contributed by atoms with Crippen molar-refractivity contribution in [3.63, 3.8) is 0 Å². The molecule has 1 aromatic rings. The summed E-state index contributed by atoms with van der Waals surface area (Å²) in [5, 5.41) is 11.3. The van der Waals surface area contributed by atoms with Crippen molar-refractivity contribution < 1.29 is 14.3 Å². The van der Waals surface area contributed by atoms with Gasteiger partial charge in [0.25, 0.3) is 5.91 Å². The zero-order valence-corrected chi connectivity index (χ0v) is 12.2. The molecule has 0 aliphatic rings. The van der Waals surface area contributed by atoms with E-state index in [1.54, 1.807) is 49.5 Å². The lowest BCUT2D eigenvalue weighted by Crippen LogP contribution is -2.43. The number of likely N-dealkylation sites (N-methyl/N-ethyl adjacent to an activating group) is 2. The number of amides is 2. The van der Waals surface area contributed by atoms with E-state index in [1.807, 2.05) is 6.07 Å². The van der Waals surface area contributed by atoms with E-state index < -0.39 is 18.1 Å². The number of ether oxygens (including phenoxy) is 1. The van der Waals surface area contributed by atoms with Crippen LogP contribution in [0.3, 0.4) is 0 Å². The van der Waals surface area contributed by atoms with Gasteiger partial charge in [0.1, 0.15) is 0 Å². The van der Waals surface area contributed by atoms with Gasteiger partial charge in [-0.25, -0.2) is 9.69 Å². The summed E-state index contributed by atoms with van der Waals surface area (Å²) in [6.07, 6.45) is -0.0957. The molecule has 0 spiro atoms. The number of benzene rings is 1. The average Bonchev–Trinajstić information content (AvgIpc) is 2.45. The molecule has 0 aliphatic heterocycles. The van der Waals surface area contributed by atoms with E-state index in [9.17, 15) is 9.59 Å². The van der Waals surface area contributed by atoms with Gasteiger partial charge in [-0.2, -0.15) is 5.26 Å². The fourth-order valence-corrected chi connectivity index (χ4v) is 1.56. The maximum atomic E-state index is 12.0. The molecule has 7 nitrogen and oxygen atoms in total. The molecule has 0 aromatic heterocycles. The molecule has 1 N–H and O–H groups in total. The van der Waals surface area contributed by atoms with Crippen molar-refractivity contribution in [1.82, 2.24) is 9.80 Å². The summed E-state index contributed by atoms with van der Waals surface area (Å²) >= 11 is 0. The Bertz CT molecular complexity index is 525. The van der Waals surface area contributed by atoms with Crippen LogP contribution in [0, 0.1) is 11.5 Å². The van der Waals surface area contributed by atoms with Crippen LogP contribution in [0.15, 0.2) is 30.3 Å². The number of hydrogen-bond donors (Lipinski definition) is 1. The Hall–Kier alpha value is -2.59. The minimum atomic E-state index is -1.05. The van der Waals surface area contributed by atoms with Crippen LogP contribution in [0.1, 0.15) is 0 Å². The first-order chi connectivity index (χ1) is 9.93. The summed E-state index contributed by atoms with van der Waals surface area (Å²) in [6.45, 7) is 0.188. The van der Waals surface area contributed by atoms with Gasteiger partial charge >= 0.3 is 6.09 Å². The van der Waals surface area contributed by atoms with Crippen LogP contribution in [0.25, 0.3) is 0 Å². The molecule has 1 atom stereocenters. The van der Waals surface area contributed by atoms with Crippen molar-refractivity contribution in [1.29, 1.82) is 5.26 Å². The van der Waals surface area contributed by atoms with Crippen LogP contribution in [0.4, 0.5) is 10.5 Å². The summed E-state index contributed by atoms with van der Waals surface area (Å²) in [7, 11) is 4.81. The Labute approximate surface area is 123 Å². The number of anilines is 1. The van der Waals surface area contributed by atoms with Gasteiger partial charge in [-0.15, -0.1) is 0 Å². The number of carbonyl (C=O) groups is 2. The van der Waals surface area contributed by atoms with Crippen molar-refractivity contribution >= 4 is 17.7 Å². The van der Waals surface area contributed by atoms with E-state index in [0.29, 0.717) is 5.69 Å². The number of nitrogens with zero attached hydrogens (tertiary/aromatic N) is 3. The van der Waals surface area contributed by atoms with E-state index in [4.69, 9.17) is 10.00 Å². The minimum absolute atomic E-state index is 0.188. The Balaban J connectivity index is 2.70. The van der Waals surface area contributed by atoms with Crippen LogP contribution in [-0.4, -0.2) is 55.6 Å². The first kappa shape index (κ1) is 16.5. The fraction of sp³-hybridized carbons (Fsp3) is 0.357. The van der Waals surface area contributed by atoms with Gasteiger partial charge < -0.3 is 9.64 Å². The highest BCUT2D eigenvalue weighted by molar-refractivity contribution is 5.89. The summed E-state index contributed by atoms with van der Waals surface area (Å²) in [6, 6.07) is 8.75. The van der Waals surface area contributed by atoms with E-state index in [0.717, 1.165) is 4.90 Å². The lowest BCUT2D eigenvalue weighted by Gasteiger charge is -2.22. The molecule has 0 fully saturated rings. The zero-order valence-electron chi connectivity index (χ0n) is 12.2. The predicted molar refractivity (Wildman–Crippen MR) is 77.3 cm³/mol. The van der Waals surface area contributed by atoms with Gasteiger partial charge in [0.15, 0.2) is 12.3 Å². The standard InChI is InChI=1S/C14H18N4O3/c1-17(2)9-12(13(19)18(3)10-15)21-14(20)16-11-7-5-4-6-8-11/h4-8,12H,9H2,1-3H3,(H,16,20). The molecule has 0 heterocycles. The molecule has 2 amide bonds. The van der Waals surface area contributed by atoms with Gasteiger partial charge in [-0.3, -0.25) is 10.1 Å². The van der Waals surface area contributed by atoms with E-state index in [-0.39, 0.29) is 6.54 Å². The van der Waals surface area contributed by atoms with Gasteiger partial charge in [0.05, 0.1) is 0 Å². The predicted octanol–water partition coefficient (Wildman–Crippen LogP) is 1.10. The number of rotatable bonds is 5. The number of nitrogens with one attached hydrogen (secondary N) is 1. The second kappa shape index (κ2) is 7.87. The third-order valence-corrected chi connectivity index (χ3v) is 2.56. The molecule has 1 unspecified atom stereocenters. The number of carbonyl (C=O) groups excluding carboxylic acids is 2. The molecule has 0 bridgehead atoms. The minimum Gasteiger partial charge on any atom is -0.434 e.